The van der Waals surface area contributed by atoms with Gasteiger partial charge in [-0.25, -0.2) is 5.43 Å². The van der Waals surface area contributed by atoms with Crippen LogP contribution in [-0.4, -0.2) is 26.3 Å². The first-order valence-corrected chi connectivity index (χ1v) is 7.72. The first-order valence-electron chi connectivity index (χ1n) is 6.55. The van der Waals surface area contributed by atoms with Crippen LogP contribution in [-0.2, 0) is 0 Å². The smallest absolute Gasteiger partial charge is 0.271 e. The van der Waals surface area contributed by atoms with Crippen molar-refractivity contribution < 1.29 is 14.3 Å². The maximum absolute atomic E-state index is 12.0. The van der Waals surface area contributed by atoms with Crippen molar-refractivity contribution in [2.24, 2.45) is 5.10 Å². The number of hydrogen-bond donors (Lipinski definition) is 1. The summed E-state index contributed by atoms with van der Waals surface area (Å²) in [7, 11) is 3.11. The van der Waals surface area contributed by atoms with Crippen LogP contribution in [0.25, 0.3) is 0 Å². The highest BCUT2D eigenvalue weighted by Crippen LogP contribution is 2.31. The molecule has 7 heteroatoms. The summed E-state index contributed by atoms with van der Waals surface area (Å²) in [6.07, 6.45) is 1.49. The number of methoxy groups -OCH3 is 2. The second-order valence-electron chi connectivity index (χ2n) is 4.44. The third-order valence-electron chi connectivity index (χ3n) is 2.96. The van der Waals surface area contributed by atoms with Crippen LogP contribution < -0.4 is 14.9 Å². The molecule has 2 aromatic carbocycles. The van der Waals surface area contributed by atoms with E-state index in [0.29, 0.717) is 27.6 Å². The van der Waals surface area contributed by atoms with Gasteiger partial charge in [0.05, 0.1) is 24.9 Å². The number of hydrogen-bond acceptors (Lipinski definition) is 4. The summed E-state index contributed by atoms with van der Waals surface area (Å²) in [6, 6.07) is 10.1. The molecule has 1 N–H and O–H groups in total. The van der Waals surface area contributed by atoms with Crippen LogP contribution in [0, 0.1) is 0 Å². The molecule has 0 spiro atoms. The van der Waals surface area contributed by atoms with Crippen LogP contribution in [0.15, 0.2) is 46.0 Å². The lowest BCUT2D eigenvalue weighted by molar-refractivity contribution is 0.0955. The first kappa shape index (κ1) is 17.3. The molecule has 0 radical (unpaired) electrons. The average molecular weight is 398 g/mol. The van der Waals surface area contributed by atoms with Gasteiger partial charge in [0.1, 0.15) is 11.5 Å². The zero-order valence-corrected chi connectivity index (χ0v) is 14.8. The van der Waals surface area contributed by atoms with E-state index in [1.165, 1.54) is 6.21 Å². The number of carbonyl (C=O) groups is 1. The largest absolute Gasteiger partial charge is 0.496 e. The maximum atomic E-state index is 12.0. The minimum Gasteiger partial charge on any atom is -0.496 e. The fraction of sp³-hybridized carbons (Fsp3) is 0.125. The second-order valence-corrected chi connectivity index (χ2v) is 5.73. The summed E-state index contributed by atoms with van der Waals surface area (Å²) in [4.78, 5) is 12.0. The van der Waals surface area contributed by atoms with Crippen LogP contribution >= 0.6 is 27.5 Å². The van der Waals surface area contributed by atoms with Gasteiger partial charge in [0.2, 0.25) is 0 Å². The van der Waals surface area contributed by atoms with Crippen molar-refractivity contribution in [1.82, 2.24) is 5.43 Å². The summed E-state index contributed by atoms with van der Waals surface area (Å²) in [5.74, 6) is 0.864. The molecule has 0 saturated heterocycles. The summed E-state index contributed by atoms with van der Waals surface area (Å²) in [5, 5.41) is 4.43. The van der Waals surface area contributed by atoms with Gasteiger partial charge in [0.25, 0.3) is 5.91 Å². The lowest BCUT2D eigenvalue weighted by atomic mass is 10.2. The number of ether oxygens (including phenoxy) is 2. The van der Waals surface area contributed by atoms with E-state index in [4.69, 9.17) is 21.1 Å². The molecule has 0 heterocycles. The Balaban J connectivity index is 2.14. The molecule has 23 heavy (non-hydrogen) atoms. The van der Waals surface area contributed by atoms with Crippen molar-refractivity contribution >= 4 is 39.7 Å². The van der Waals surface area contributed by atoms with Crippen molar-refractivity contribution in [1.29, 1.82) is 0 Å². The van der Waals surface area contributed by atoms with Gasteiger partial charge in [0, 0.05) is 22.2 Å². The van der Waals surface area contributed by atoms with E-state index < -0.39 is 0 Å². The van der Waals surface area contributed by atoms with Gasteiger partial charge < -0.3 is 9.47 Å². The van der Waals surface area contributed by atoms with Gasteiger partial charge >= 0.3 is 0 Å². The molecule has 0 aliphatic carbocycles. The molecule has 120 valence electrons. The molecule has 2 aromatic rings. The number of carbonyl (C=O) groups excluding carboxylic acids is 1. The molecule has 1 amide bonds. The monoisotopic (exact) mass is 396 g/mol. The minimum atomic E-state index is -0.352. The predicted molar refractivity (Wildman–Crippen MR) is 93.8 cm³/mol. The maximum Gasteiger partial charge on any atom is 0.271 e. The van der Waals surface area contributed by atoms with Crippen LogP contribution in [0.5, 0.6) is 11.5 Å². The Labute approximate surface area is 147 Å². The van der Waals surface area contributed by atoms with E-state index in [0.717, 1.165) is 4.47 Å². The lowest BCUT2D eigenvalue weighted by Gasteiger charge is -2.09. The van der Waals surface area contributed by atoms with Crippen LogP contribution in [0.4, 0.5) is 0 Å². The molecule has 0 aliphatic heterocycles. The zero-order chi connectivity index (χ0) is 16.8. The van der Waals surface area contributed by atoms with Crippen LogP contribution in [0.3, 0.4) is 0 Å². The van der Waals surface area contributed by atoms with Gasteiger partial charge in [-0.05, 0) is 40.2 Å². The summed E-state index contributed by atoms with van der Waals surface area (Å²) < 4.78 is 11.2. The Bertz CT molecular complexity index is 750. The van der Waals surface area contributed by atoms with Gasteiger partial charge in [0.15, 0.2) is 0 Å². The van der Waals surface area contributed by atoms with Gasteiger partial charge in [-0.15, -0.1) is 0 Å². The second kappa shape index (κ2) is 7.99. The van der Waals surface area contributed by atoms with Crippen LogP contribution in [0.1, 0.15) is 15.9 Å². The van der Waals surface area contributed by atoms with Crippen molar-refractivity contribution in [3.05, 3.63) is 57.0 Å². The number of benzene rings is 2. The Morgan fingerprint density at radius 1 is 1.22 bits per heavy atom. The molecular formula is C16H14BrClN2O3. The number of halogens is 2. The number of hydrazone groups is 1. The summed E-state index contributed by atoms with van der Waals surface area (Å²) in [5.41, 5.74) is 3.56. The molecule has 0 aromatic heterocycles. The minimum absolute atomic E-state index is 0.352. The Morgan fingerprint density at radius 3 is 2.61 bits per heavy atom. The SMILES string of the molecule is COc1cc(OC)c(/C=N\NC(=O)c2cccc(Cl)c2)cc1Br. The highest BCUT2D eigenvalue weighted by atomic mass is 79.9. The first-order chi connectivity index (χ1) is 11.0. The Kier molecular flexibility index (Phi) is 6.01. The Morgan fingerprint density at radius 2 is 1.96 bits per heavy atom. The molecule has 2 rings (SSSR count). The summed E-state index contributed by atoms with van der Waals surface area (Å²) in [6.45, 7) is 0. The highest BCUT2D eigenvalue weighted by molar-refractivity contribution is 9.10. The van der Waals surface area contributed by atoms with E-state index in [2.05, 4.69) is 26.5 Å². The van der Waals surface area contributed by atoms with E-state index in [1.54, 1.807) is 50.6 Å². The van der Waals surface area contributed by atoms with Crippen molar-refractivity contribution in [3.63, 3.8) is 0 Å². The molecule has 0 atom stereocenters. The van der Waals surface area contributed by atoms with Gasteiger partial charge in [-0.1, -0.05) is 17.7 Å². The normalized spacial score (nSPS) is 10.6. The quantitative estimate of drug-likeness (QED) is 0.615. The van der Waals surface area contributed by atoms with Gasteiger partial charge in [-0.3, -0.25) is 4.79 Å². The third kappa shape index (κ3) is 4.46. The molecule has 0 bridgehead atoms. The van der Waals surface area contributed by atoms with E-state index in [1.807, 2.05) is 0 Å². The van der Waals surface area contributed by atoms with Gasteiger partial charge in [-0.2, -0.15) is 5.10 Å². The molecule has 0 aliphatic rings. The fourth-order valence-electron chi connectivity index (χ4n) is 1.84. The van der Waals surface area contributed by atoms with E-state index in [9.17, 15) is 4.79 Å². The molecule has 0 fully saturated rings. The van der Waals surface area contributed by atoms with E-state index >= 15 is 0 Å². The zero-order valence-electron chi connectivity index (χ0n) is 12.5. The number of rotatable bonds is 5. The molecular weight excluding hydrogens is 384 g/mol. The van der Waals surface area contributed by atoms with Crippen molar-refractivity contribution in [2.45, 2.75) is 0 Å². The highest BCUT2D eigenvalue weighted by Gasteiger charge is 2.08. The molecule has 0 unspecified atom stereocenters. The number of nitrogens with zero attached hydrogens (tertiary/aromatic N) is 1. The molecule has 5 nitrogen and oxygen atoms in total. The van der Waals surface area contributed by atoms with Crippen molar-refractivity contribution in [2.75, 3.05) is 14.2 Å². The number of amides is 1. The van der Waals surface area contributed by atoms with Crippen molar-refractivity contribution in [3.8, 4) is 11.5 Å². The number of nitrogens with one attached hydrogen (secondary N) is 1. The van der Waals surface area contributed by atoms with E-state index in [-0.39, 0.29) is 5.91 Å². The standard InChI is InChI=1S/C16H14BrClN2O3/c1-22-14-8-15(23-2)13(17)7-11(14)9-19-20-16(21)10-4-3-5-12(18)6-10/h3-9H,1-2H3,(H,20,21)/b19-9-. The topological polar surface area (TPSA) is 59.9 Å². The third-order valence-corrected chi connectivity index (χ3v) is 3.82. The fourth-order valence-corrected chi connectivity index (χ4v) is 2.55. The Hall–Kier alpha value is -2.05. The predicted octanol–water partition coefficient (Wildman–Crippen LogP) is 3.88. The average Bonchev–Trinajstić information content (AvgIpc) is 2.55. The summed E-state index contributed by atoms with van der Waals surface area (Å²) >= 11 is 9.24. The lowest BCUT2D eigenvalue weighted by Crippen LogP contribution is -2.17. The van der Waals surface area contributed by atoms with Crippen LogP contribution in [0.2, 0.25) is 5.02 Å². The molecule has 0 saturated carbocycles.